The molecule has 0 aliphatic carbocycles. The number of benzene rings is 1. The molecule has 0 aromatic heterocycles. The van der Waals surface area contributed by atoms with Crippen molar-refractivity contribution >= 4 is 5.91 Å². The smallest absolute Gasteiger partial charge is 0.220 e. The van der Waals surface area contributed by atoms with Crippen molar-refractivity contribution < 1.29 is 9.90 Å². The van der Waals surface area contributed by atoms with E-state index >= 15 is 0 Å². The average Bonchev–Trinajstić information content (AvgIpc) is 2.53. The zero-order chi connectivity index (χ0) is 16.0. The molecule has 0 atom stereocenters. The van der Waals surface area contributed by atoms with Crippen LogP contribution in [0.25, 0.3) is 0 Å². The van der Waals surface area contributed by atoms with Gasteiger partial charge in [-0.15, -0.1) is 0 Å². The molecule has 0 spiro atoms. The predicted octanol–water partition coefficient (Wildman–Crippen LogP) is 2.71. The summed E-state index contributed by atoms with van der Waals surface area (Å²) in [6, 6.07) is 7.19. The maximum atomic E-state index is 12.0. The Kier molecular flexibility index (Phi) is 5.83. The molecule has 4 nitrogen and oxygen atoms in total. The van der Waals surface area contributed by atoms with Crippen LogP contribution >= 0.6 is 0 Å². The molecular weight excluding hydrogens is 276 g/mol. The Morgan fingerprint density at radius 3 is 2.59 bits per heavy atom. The number of para-hydroxylation sites is 1. The molecule has 1 aromatic carbocycles. The van der Waals surface area contributed by atoms with Crippen LogP contribution in [0.5, 0.6) is 5.75 Å². The number of amides is 1. The second-order valence-corrected chi connectivity index (χ2v) is 6.77. The number of phenolic OH excluding ortho intramolecular Hbond substituents is 1. The summed E-state index contributed by atoms with van der Waals surface area (Å²) in [7, 11) is 0. The van der Waals surface area contributed by atoms with Crippen molar-refractivity contribution in [3.63, 3.8) is 0 Å². The lowest BCUT2D eigenvalue weighted by Crippen LogP contribution is -2.53. The van der Waals surface area contributed by atoms with E-state index in [9.17, 15) is 9.90 Å². The Morgan fingerprint density at radius 1 is 1.23 bits per heavy atom. The average molecular weight is 304 g/mol. The van der Waals surface area contributed by atoms with E-state index in [4.69, 9.17) is 0 Å². The highest BCUT2D eigenvalue weighted by Crippen LogP contribution is 2.20. The zero-order valence-corrected chi connectivity index (χ0v) is 13.8. The van der Waals surface area contributed by atoms with Gasteiger partial charge in [-0.3, -0.25) is 9.69 Å². The van der Waals surface area contributed by atoms with E-state index in [2.05, 4.69) is 24.1 Å². The topological polar surface area (TPSA) is 52.6 Å². The van der Waals surface area contributed by atoms with Gasteiger partial charge in [0.25, 0.3) is 0 Å². The van der Waals surface area contributed by atoms with Crippen LogP contribution in [0.3, 0.4) is 0 Å². The lowest BCUT2D eigenvalue weighted by atomic mass is 9.98. The Morgan fingerprint density at radius 2 is 1.91 bits per heavy atom. The number of aromatic hydroxyl groups is 1. The van der Waals surface area contributed by atoms with Gasteiger partial charge in [0.15, 0.2) is 0 Å². The van der Waals surface area contributed by atoms with Gasteiger partial charge in [0, 0.05) is 18.5 Å². The molecule has 4 heteroatoms. The number of carbonyl (C=O) groups is 1. The van der Waals surface area contributed by atoms with Gasteiger partial charge < -0.3 is 10.4 Å². The van der Waals surface area contributed by atoms with Crippen LogP contribution in [0, 0.1) is 0 Å². The zero-order valence-electron chi connectivity index (χ0n) is 13.8. The second kappa shape index (κ2) is 7.63. The van der Waals surface area contributed by atoms with E-state index in [0.717, 1.165) is 18.7 Å². The minimum absolute atomic E-state index is 0.00493. The summed E-state index contributed by atoms with van der Waals surface area (Å²) >= 11 is 0. The fourth-order valence-electron chi connectivity index (χ4n) is 2.98. The van der Waals surface area contributed by atoms with Crippen molar-refractivity contribution in [2.45, 2.75) is 51.5 Å². The number of carbonyl (C=O) groups excluding carboxylic acids is 1. The summed E-state index contributed by atoms with van der Waals surface area (Å²) < 4.78 is 0. The van der Waals surface area contributed by atoms with E-state index < -0.39 is 0 Å². The fraction of sp³-hybridized carbons (Fsp3) is 0.611. The first kappa shape index (κ1) is 16.8. The van der Waals surface area contributed by atoms with E-state index in [1.165, 1.54) is 19.3 Å². The molecule has 0 saturated carbocycles. The van der Waals surface area contributed by atoms with Gasteiger partial charge in [-0.2, -0.15) is 0 Å². The lowest BCUT2D eigenvalue weighted by molar-refractivity contribution is -0.121. The van der Waals surface area contributed by atoms with E-state index in [0.29, 0.717) is 19.4 Å². The summed E-state index contributed by atoms with van der Waals surface area (Å²) in [6.45, 7) is 7.32. The number of aryl methyl sites for hydroxylation is 1. The molecule has 0 unspecified atom stereocenters. The first-order chi connectivity index (χ1) is 10.5. The van der Waals surface area contributed by atoms with Gasteiger partial charge in [0.05, 0.1) is 0 Å². The second-order valence-electron chi connectivity index (χ2n) is 6.77. The van der Waals surface area contributed by atoms with Gasteiger partial charge >= 0.3 is 0 Å². The van der Waals surface area contributed by atoms with Gasteiger partial charge in [-0.25, -0.2) is 0 Å². The van der Waals surface area contributed by atoms with Gasteiger partial charge in [-0.05, 0) is 57.8 Å². The number of hydrogen-bond acceptors (Lipinski definition) is 3. The maximum Gasteiger partial charge on any atom is 0.220 e. The van der Waals surface area contributed by atoms with Crippen molar-refractivity contribution in [1.29, 1.82) is 0 Å². The van der Waals surface area contributed by atoms with Crippen LogP contribution in [-0.4, -0.2) is 41.1 Å². The molecular formula is C18H28N2O2. The molecule has 1 aromatic rings. The number of rotatable bonds is 6. The van der Waals surface area contributed by atoms with Crippen LogP contribution in [0.2, 0.25) is 0 Å². The van der Waals surface area contributed by atoms with Crippen molar-refractivity contribution in [2.75, 3.05) is 19.6 Å². The lowest BCUT2D eigenvalue weighted by Gasteiger charge is -2.41. The van der Waals surface area contributed by atoms with Crippen LogP contribution in [0.4, 0.5) is 0 Å². The highest BCUT2D eigenvalue weighted by molar-refractivity contribution is 5.76. The number of likely N-dealkylation sites (tertiary alicyclic amines) is 1. The quantitative estimate of drug-likeness (QED) is 0.849. The van der Waals surface area contributed by atoms with Crippen molar-refractivity contribution in [1.82, 2.24) is 10.2 Å². The summed E-state index contributed by atoms with van der Waals surface area (Å²) in [6.07, 6.45) is 4.81. The van der Waals surface area contributed by atoms with Gasteiger partial charge in [0.2, 0.25) is 5.91 Å². The summed E-state index contributed by atoms with van der Waals surface area (Å²) in [5.41, 5.74) is 0.832. The minimum Gasteiger partial charge on any atom is -0.508 e. The van der Waals surface area contributed by atoms with Crippen LogP contribution < -0.4 is 5.32 Å². The first-order valence-corrected chi connectivity index (χ1v) is 8.28. The van der Waals surface area contributed by atoms with Crippen molar-refractivity contribution in [3.05, 3.63) is 29.8 Å². The van der Waals surface area contributed by atoms with E-state index in [1.54, 1.807) is 12.1 Å². The number of nitrogens with zero attached hydrogens (tertiary/aromatic N) is 1. The highest BCUT2D eigenvalue weighted by atomic mass is 16.3. The summed E-state index contributed by atoms with van der Waals surface area (Å²) in [5, 5.41) is 12.8. The molecule has 1 fully saturated rings. The van der Waals surface area contributed by atoms with Gasteiger partial charge in [0.1, 0.15) is 5.75 Å². The Labute approximate surface area is 133 Å². The largest absolute Gasteiger partial charge is 0.508 e. The standard InChI is InChI=1S/C18H28N2O2/c1-18(2,20-12-6-3-7-13-20)14-19-17(22)11-10-15-8-4-5-9-16(15)21/h4-5,8-9,21H,3,6-7,10-14H2,1-2H3,(H,19,22). The molecule has 22 heavy (non-hydrogen) atoms. The normalized spacial score (nSPS) is 16.5. The number of piperidine rings is 1. The van der Waals surface area contributed by atoms with Crippen LogP contribution in [0.1, 0.15) is 45.1 Å². The molecule has 1 heterocycles. The number of nitrogens with one attached hydrogen (secondary N) is 1. The summed E-state index contributed by atoms with van der Waals surface area (Å²) in [4.78, 5) is 14.5. The molecule has 0 bridgehead atoms. The van der Waals surface area contributed by atoms with Crippen molar-refractivity contribution in [2.24, 2.45) is 0 Å². The first-order valence-electron chi connectivity index (χ1n) is 8.28. The van der Waals surface area contributed by atoms with Crippen LogP contribution in [0.15, 0.2) is 24.3 Å². The SMILES string of the molecule is CC(C)(CNC(=O)CCc1ccccc1O)N1CCCCC1. The van der Waals surface area contributed by atoms with E-state index in [-0.39, 0.29) is 17.2 Å². The predicted molar refractivity (Wildman–Crippen MR) is 88.9 cm³/mol. The fourth-order valence-corrected chi connectivity index (χ4v) is 2.98. The maximum absolute atomic E-state index is 12.0. The molecule has 0 radical (unpaired) electrons. The number of phenols is 1. The van der Waals surface area contributed by atoms with Gasteiger partial charge in [-0.1, -0.05) is 24.6 Å². The Hall–Kier alpha value is -1.55. The third-order valence-corrected chi connectivity index (χ3v) is 4.54. The molecule has 2 N–H and O–H groups in total. The minimum atomic E-state index is 0.00493. The summed E-state index contributed by atoms with van der Waals surface area (Å²) in [5.74, 6) is 0.317. The van der Waals surface area contributed by atoms with Crippen LogP contribution in [-0.2, 0) is 11.2 Å². The van der Waals surface area contributed by atoms with Crippen molar-refractivity contribution in [3.8, 4) is 5.75 Å². The molecule has 1 aliphatic rings. The molecule has 1 aliphatic heterocycles. The monoisotopic (exact) mass is 304 g/mol. The Bertz CT molecular complexity index is 494. The third kappa shape index (κ3) is 4.73. The molecule has 1 amide bonds. The third-order valence-electron chi connectivity index (χ3n) is 4.54. The molecule has 122 valence electrons. The van der Waals surface area contributed by atoms with E-state index in [1.807, 2.05) is 12.1 Å². The molecule has 1 saturated heterocycles. The number of hydrogen-bond donors (Lipinski definition) is 2. The molecule has 2 rings (SSSR count). The Balaban J connectivity index is 1.76. The highest BCUT2D eigenvalue weighted by Gasteiger charge is 2.28.